The summed E-state index contributed by atoms with van der Waals surface area (Å²) >= 11 is 0. The molecule has 1 N–H and O–H groups in total. The fourth-order valence-electron chi connectivity index (χ4n) is 1.83. The van der Waals surface area contributed by atoms with Gasteiger partial charge in [-0.15, -0.1) is 9.19 Å². The number of anilines is 1. The van der Waals surface area contributed by atoms with E-state index in [1.165, 1.54) is 0 Å². The first kappa shape index (κ1) is 14.3. The number of hydrogen-bond acceptors (Lipinski definition) is 7. The van der Waals surface area contributed by atoms with Crippen molar-refractivity contribution in [3.63, 3.8) is 0 Å². The minimum Gasteiger partial charge on any atom is -0.467 e. The van der Waals surface area contributed by atoms with Crippen molar-refractivity contribution < 1.29 is 12.8 Å². The molecule has 0 saturated heterocycles. The molecule has 9 heteroatoms. The standard InChI is InChI=1S/C13H13N5O3S/c1-22(19,20)18-13(15-9-11-5-3-7-21-11)16-12(17-18)10-4-2-6-14-8-10/h2-8H,9H2,1H3,(H,15,16,17). The van der Waals surface area contributed by atoms with E-state index < -0.39 is 10.0 Å². The molecule has 0 fully saturated rings. The van der Waals surface area contributed by atoms with E-state index in [9.17, 15) is 8.42 Å². The van der Waals surface area contributed by atoms with Gasteiger partial charge in [0.15, 0.2) is 5.82 Å². The van der Waals surface area contributed by atoms with Crippen LogP contribution in [0.15, 0.2) is 47.3 Å². The van der Waals surface area contributed by atoms with Gasteiger partial charge in [0.25, 0.3) is 10.0 Å². The van der Waals surface area contributed by atoms with Gasteiger partial charge in [-0.2, -0.15) is 4.98 Å². The largest absolute Gasteiger partial charge is 0.467 e. The van der Waals surface area contributed by atoms with E-state index in [0.717, 1.165) is 10.3 Å². The van der Waals surface area contributed by atoms with E-state index in [2.05, 4.69) is 20.4 Å². The van der Waals surface area contributed by atoms with Crippen LogP contribution in [0.2, 0.25) is 0 Å². The molecular formula is C13H13N5O3S. The van der Waals surface area contributed by atoms with Crippen molar-refractivity contribution in [3.8, 4) is 11.4 Å². The third-order valence-corrected chi connectivity index (χ3v) is 3.70. The van der Waals surface area contributed by atoms with Crippen molar-refractivity contribution >= 4 is 16.0 Å². The minimum absolute atomic E-state index is 0.123. The lowest BCUT2D eigenvalue weighted by Gasteiger charge is -2.04. The van der Waals surface area contributed by atoms with Crippen LogP contribution in [0.5, 0.6) is 0 Å². The summed E-state index contributed by atoms with van der Waals surface area (Å²) in [6, 6.07) is 7.01. The van der Waals surface area contributed by atoms with Crippen molar-refractivity contribution in [2.24, 2.45) is 0 Å². The Kier molecular flexibility index (Phi) is 3.63. The summed E-state index contributed by atoms with van der Waals surface area (Å²) < 4.78 is 29.7. The zero-order valence-corrected chi connectivity index (χ0v) is 12.5. The predicted octanol–water partition coefficient (Wildman–Crippen LogP) is 1.35. The number of aromatic nitrogens is 4. The number of hydrogen-bond donors (Lipinski definition) is 1. The molecule has 0 aliphatic carbocycles. The molecule has 22 heavy (non-hydrogen) atoms. The second kappa shape index (κ2) is 5.60. The fourth-order valence-corrected chi connectivity index (χ4v) is 2.48. The average molecular weight is 319 g/mol. The molecule has 114 valence electrons. The number of nitrogens with zero attached hydrogens (tertiary/aromatic N) is 4. The summed E-state index contributed by atoms with van der Waals surface area (Å²) in [5.41, 5.74) is 0.631. The Morgan fingerprint density at radius 2 is 2.18 bits per heavy atom. The third kappa shape index (κ3) is 2.98. The van der Waals surface area contributed by atoms with Crippen LogP contribution in [-0.2, 0) is 16.6 Å². The maximum atomic E-state index is 11.8. The van der Waals surface area contributed by atoms with E-state index >= 15 is 0 Å². The van der Waals surface area contributed by atoms with Crippen LogP contribution in [0, 0.1) is 0 Å². The zero-order chi connectivity index (χ0) is 15.6. The Morgan fingerprint density at radius 3 is 2.82 bits per heavy atom. The molecule has 0 unspecified atom stereocenters. The molecule has 0 aliphatic rings. The second-order valence-electron chi connectivity index (χ2n) is 4.54. The van der Waals surface area contributed by atoms with Crippen molar-refractivity contribution in [1.29, 1.82) is 0 Å². The highest BCUT2D eigenvalue weighted by molar-refractivity contribution is 7.89. The second-order valence-corrected chi connectivity index (χ2v) is 6.35. The first-order valence-corrected chi connectivity index (χ1v) is 8.23. The van der Waals surface area contributed by atoms with Crippen molar-refractivity contribution in [2.45, 2.75) is 6.54 Å². The minimum atomic E-state index is -3.58. The van der Waals surface area contributed by atoms with Crippen molar-refractivity contribution in [3.05, 3.63) is 48.7 Å². The predicted molar refractivity (Wildman–Crippen MR) is 79.5 cm³/mol. The van der Waals surface area contributed by atoms with Gasteiger partial charge in [0.1, 0.15) is 5.76 Å². The number of rotatable bonds is 5. The number of furan rings is 1. The van der Waals surface area contributed by atoms with E-state index in [0.29, 0.717) is 17.9 Å². The first-order valence-electron chi connectivity index (χ1n) is 6.38. The highest BCUT2D eigenvalue weighted by atomic mass is 32.2. The van der Waals surface area contributed by atoms with Crippen LogP contribution in [0.4, 0.5) is 5.95 Å². The van der Waals surface area contributed by atoms with Crippen LogP contribution in [0.1, 0.15) is 5.76 Å². The van der Waals surface area contributed by atoms with Gasteiger partial charge in [-0.1, -0.05) is 0 Å². The van der Waals surface area contributed by atoms with Gasteiger partial charge in [-0.05, 0) is 24.3 Å². The molecule has 0 bridgehead atoms. The normalized spacial score (nSPS) is 11.5. The molecule has 0 aliphatic heterocycles. The number of nitrogens with one attached hydrogen (secondary N) is 1. The lowest BCUT2D eigenvalue weighted by Crippen LogP contribution is -2.16. The van der Waals surface area contributed by atoms with E-state index in [1.807, 2.05) is 0 Å². The first-order chi connectivity index (χ1) is 10.5. The molecule has 0 saturated carbocycles. The van der Waals surface area contributed by atoms with Crippen LogP contribution < -0.4 is 5.32 Å². The SMILES string of the molecule is CS(=O)(=O)n1nc(-c2cccnc2)nc1NCc1ccco1. The molecule has 3 rings (SSSR count). The molecule has 0 spiro atoms. The molecule has 0 radical (unpaired) electrons. The van der Waals surface area contributed by atoms with Crippen LogP contribution >= 0.6 is 0 Å². The van der Waals surface area contributed by atoms with Gasteiger partial charge in [0.05, 0.1) is 19.1 Å². The summed E-state index contributed by atoms with van der Waals surface area (Å²) in [5, 5.41) is 6.94. The summed E-state index contributed by atoms with van der Waals surface area (Å²) in [4.78, 5) is 8.20. The Balaban J connectivity index is 1.95. The topological polar surface area (TPSA) is 103 Å². The van der Waals surface area contributed by atoms with Crippen LogP contribution in [0.3, 0.4) is 0 Å². The molecular weight excluding hydrogens is 306 g/mol. The lowest BCUT2D eigenvalue weighted by atomic mass is 10.3. The van der Waals surface area contributed by atoms with Crippen molar-refractivity contribution in [2.75, 3.05) is 11.6 Å². The maximum absolute atomic E-state index is 11.8. The molecule has 0 atom stereocenters. The van der Waals surface area contributed by atoms with Gasteiger partial charge >= 0.3 is 0 Å². The maximum Gasteiger partial charge on any atom is 0.254 e. The quantitative estimate of drug-likeness (QED) is 0.757. The Labute approximate surface area is 126 Å². The molecule has 0 aromatic carbocycles. The van der Waals surface area contributed by atoms with Crippen LogP contribution in [0.25, 0.3) is 11.4 Å². The summed E-state index contributed by atoms with van der Waals surface area (Å²) in [6.45, 7) is 0.299. The van der Waals surface area contributed by atoms with Gasteiger partial charge < -0.3 is 9.73 Å². The van der Waals surface area contributed by atoms with E-state index in [-0.39, 0.29) is 11.8 Å². The van der Waals surface area contributed by atoms with E-state index in [1.54, 1.807) is 42.9 Å². The number of pyridine rings is 1. The molecule has 8 nitrogen and oxygen atoms in total. The van der Waals surface area contributed by atoms with Crippen LogP contribution in [-0.4, -0.2) is 33.8 Å². The zero-order valence-electron chi connectivity index (χ0n) is 11.7. The Bertz CT molecular complexity index is 856. The smallest absolute Gasteiger partial charge is 0.254 e. The fraction of sp³-hybridized carbons (Fsp3) is 0.154. The summed E-state index contributed by atoms with van der Waals surface area (Å²) in [5.74, 6) is 1.06. The monoisotopic (exact) mass is 319 g/mol. The Morgan fingerprint density at radius 1 is 1.32 bits per heavy atom. The molecule has 3 heterocycles. The van der Waals surface area contributed by atoms with Gasteiger partial charge in [0, 0.05) is 18.0 Å². The highest BCUT2D eigenvalue weighted by Gasteiger charge is 2.18. The molecule has 3 aromatic rings. The molecule has 3 aromatic heterocycles. The van der Waals surface area contributed by atoms with Gasteiger partial charge in [-0.3, -0.25) is 4.98 Å². The van der Waals surface area contributed by atoms with E-state index in [4.69, 9.17) is 4.42 Å². The average Bonchev–Trinajstić information content (AvgIpc) is 3.15. The van der Waals surface area contributed by atoms with Gasteiger partial charge in [-0.25, -0.2) is 8.42 Å². The Hall–Kier alpha value is -2.68. The third-order valence-electron chi connectivity index (χ3n) is 2.81. The highest BCUT2D eigenvalue weighted by Crippen LogP contribution is 2.18. The van der Waals surface area contributed by atoms with Gasteiger partial charge in [0.2, 0.25) is 5.95 Å². The lowest BCUT2D eigenvalue weighted by molar-refractivity contribution is 0.517. The summed E-state index contributed by atoms with van der Waals surface area (Å²) in [6.07, 6.45) is 5.79. The van der Waals surface area contributed by atoms with Crippen molar-refractivity contribution in [1.82, 2.24) is 19.2 Å². The molecule has 0 amide bonds. The summed E-state index contributed by atoms with van der Waals surface area (Å²) in [7, 11) is -3.58.